The molecule has 1 aromatic heterocycles. The van der Waals surface area contributed by atoms with Gasteiger partial charge in [0, 0.05) is 26.7 Å². The second-order valence-corrected chi connectivity index (χ2v) is 8.58. The molecule has 0 radical (unpaired) electrons. The molecule has 1 aliphatic heterocycles. The van der Waals surface area contributed by atoms with E-state index in [9.17, 15) is 0 Å². The molecule has 0 aliphatic carbocycles. The molecule has 1 atom stereocenters. The SMILES string of the molecule is CN=C(NCc1ccc(OCCCN(C)C)cc1)NCC(c1ccco1)N1CCCCC1.I. The monoisotopic (exact) mass is 569 g/mol. The summed E-state index contributed by atoms with van der Waals surface area (Å²) in [4.78, 5) is 9.08. The largest absolute Gasteiger partial charge is 0.494 e. The van der Waals surface area contributed by atoms with Crippen LogP contribution in [0.2, 0.25) is 0 Å². The van der Waals surface area contributed by atoms with E-state index in [1.807, 2.05) is 25.2 Å². The molecule has 0 spiro atoms. The predicted octanol–water partition coefficient (Wildman–Crippen LogP) is 4.12. The Morgan fingerprint density at radius 1 is 1.12 bits per heavy atom. The highest BCUT2D eigenvalue weighted by Crippen LogP contribution is 2.24. The van der Waals surface area contributed by atoms with Crippen molar-refractivity contribution in [3.05, 3.63) is 54.0 Å². The zero-order valence-electron chi connectivity index (χ0n) is 20.3. The first kappa shape index (κ1) is 27.5. The lowest BCUT2D eigenvalue weighted by Gasteiger charge is -2.33. The molecule has 1 aliphatic rings. The molecule has 2 N–H and O–H groups in total. The van der Waals surface area contributed by atoms with E-state index >= 15 is 0 Å². The number of nitrogens with zero attached hydrogens (tertiary/aromatic N) is 3. The summed E-state index contributed by atoms with van der Waals surface area (Å²) < 4.78 is 11.6. The molecule has 33 heavy (non-hydrogen) atoms. The van der Waals surface area contributed by atoms with Crippen molar-refractivity contribution in [3.63, 3.8) is 0 Å². The van der Waals surface area contributed by atoms with Gasteiger partial charge in [-0.05, 0) is 76.3 Å². The number of likely N-dealkylation sites (tertiary alicyclic amines) is 1. The van der Waals surface area contributed by atoms with Crippen LogP contribution < -0.4 is 15.4 Å². The summed E-state index contributed by atoms with van der Waals surface area (Å²) in [5.74, 6) is 2.72. The number of hydrogen-bond donors (Lipinski definition) is 2. The van der Waals surface area contributed by atoms with Crippen molar-refractivity contribution in [2.24, 2.45) is 4.99 Å². The molecule has 1 fully saturated rings. The van der Waals surface area contributed by atoms with Crippen LogP contribution in [0.25, 0.3) is 0 Å². The van der Waals surface area contributed by atoms with E-state index in [0.29, 0.717) is 6.54 Å². The van der Waals surface area contributed by atoms with Crippen molar-refractivity contribution in [1.29, 1.82) is 0 Å². The minimum absolute atomic E-state index is 0. The molecular weight excluding hydrogens is 529 g/mol. The van der Waals surface area contributed by atoms with Crippen LogP contribution in [0.1, 0.15) is 43.0 Å². The molecule has 0 bridgehead atoms. The molecule has 8 heteroatoms. The van der Waals surface area contributed by atoms with Crippen LogP contribution in [-0.2, 0) is 6.54 Å². The summed E-state index contributed by atoms with van der Waals surface area (Å²) in [6.07, 6.45) is 6.60. The number of ether oxygens (including phenoxy) is 1. The molecule has 1 unspecified atom stereocenters. The van der Waals surface area contributed by atoms with Crippen molar-refractivity contribution < 1.29 is 9.15 Å². The van der Waals surface area contributed by atoms with Crippen LogP contribution in [0, 0.1) is 0 Å². The summed E-state index contributed by atoms with van der Waals surface area (Å²) in [5, 5.41) is 6.91. The van der Waals surface area contributed by atoms with Crippen molar-refractivity contribution in [2.75, 3.05) is 53.9 Å². The smallest absolute Gasteiger partial charge is 0.191 e. The molecule has 184 valence electrons. The van der Waals surface area contributed by atoms with Gasteiger partial charge in [0.25, 0.3) is 0 Å². The van der Waals surface area contributed by atoms with Gasteiger partial charge in [-0.3, -0.25) is 9.89 Å². The van der Waals surface area contributed by atoms with Crippen LogP contribution in [-0.4, -0.2) is 69.7 Å². The molecule has 3 rings (SSSR count). The maximum Gasteiger partial charge on any atom is 0.191 e. The molecule has 2 aromatic rings. The van der Waals surface area contributed by atoms with E-state index in [0.717, 1.165) is 56.7 Å². The number of nitrogens with one attached hydrogen (secondary N) is 2. The summed E-state index contributed by atoms with van der Waals surface area (Å²) in [6, 6.07) is 12.5. The first-order valence-electron chi connectivity index (χ1n) is 11.7. The maximum atomic E-state index is 5.82. The van der Waals surface area contributed by atoms with Gasteiger partial charge in [0.05, 0.1) is 18.9 Å². The van der Waals surface area contributed by atoms with Crippen LogP contribution in [0.5, 0.6) is 5.75 Å². The molecule has 1 aromatic carbocycles. The zero-order chi connectivity index (χ0) is 22.6. The molecule has 0 amide bonds. The number of halogens is 1. The Hall–Kier alpha value is -1.78. The van der Waals surface area contributed by atoms with Gasteiger partial charge in [0.15, 0.2) is 5.96 Å². The average molecular weight is 570 g/mol. The number of benzene rings is 1. The van der Waals surface area contributed by atoms with Crippen molar-refractivity contribution in [2.45, 2.75) is 38.3 Å². The Labute approximate surface area is 216 Å². The zero-order valence-corrected chi connectivity index (χ0v) is 22.6. The highest BCUT2D eigenvalue weighted by molar-refractivity contribution is 14.0. The van der Waals surface area contributed by atoms with Gasteiger partial charge >= 0.3 is 0 Å². The highest BCUT2D eigenvalue weighted by atomic mass is 127. The van der Waals surface area contributed by atoms with Gasteiger partial charge in [0.1, 0.15) is 11.5 Å². The minimum atomic E-state index is 0. The van der Waals surface area contributed by atoms with Gasteiger partial charge in [-0.1, -0.05) is 18.6 Å². The number of aliphatic imine (C=N–C) groups is 1. The van der Waals surface area contributed by atoms with E-state index in [2.05, 4.69) is 57.7 Å². The molecular formula is C25H40IN5O2. The third kappa shape index (κ3) is 9.54. The predicted molar refractivity (Wildman–Crippen MR) is 146 cm³/mol. The van der Waals surface area contributed by atoms with E-state index < -0.39 is 0 Å². The summed E-state index contributed by atoms with van der Waals surface area (Å²) in [6.45, 7) is 5.46. The van der Waals surface area contributed by atoms with Crippen LogP contribution in [0.4, 0.5) is 0 Å². The van der Waals surface area contributed by atoms with Crippen molar-refractivity contribution in [3.8, 4) is 5.75 Å². The Kier molecular flexibility index (Phi) is 12.6. The summed E-state index contributed by atoms with van der Waals surface area (Å²) in [7, 11) is 5.97. The van der Waals surface area contributed by atoms with E-state index in [1.54, 1.807) is 6.26 Å². The lowest BCUT2D eigenvalue weighted by molar-refractivity contribution is 0.146. The number of rotatable bonds is 11. The molecule has 0 saturated carbocycles. The number of hydrogen-bond acceptors (Lipinski definition) is 5. The van der Waals surface area contributed by atoms with Gasteiger partial charge in [-0.25, -0.2) is 0 Å². The van der Waals surface area contributed by atoms with E-state index in [1.165, 1.54) is 24.8 Å². The molecule has 2 heterocycles. The first-order chi connectivity index (χ1) is 15.7. The second-order valence-electron chi connectivity index (χ2n) is 8.58. The minimum Gasteiger partial charge on any atom is -0.494 e. The normalized spacial score (nSPS) is 15.7. The van der Waals surface area contributed by atoms with Crippen molar-refractivity contribution >= 4 is 29.9 Å². The van der Waals surface area contributed by atoms with Crippen LogP contribution in [0.3, 0.4) is 0 Å². The highest BCUT2D eigenvalue weighted by Gasteiger charge is 2.24. The fourth-order valence-electron chi connectivity index (χ4n) is 3.99. The van der Waals surface area contributed by atoms with Gasteiger partial charge in [-0.15, -0.1) is 24.0 Å². The van der Waals surface area contributed by atoms with Gasteiger partial charge in [-0.2, -0.15) is 0 Å². The van der Waals surface area contributed by atoms with Crippen molar-refractivity contribution in [1.82, 2.24) is 20.4 Å². The van der Waals surface area contributed by atoms with Crippen LogP contribution >= 0.6 is 24.0 Å². The third-order valence-corrected chi connectivity index (χ3v) is 5.79. The number of guanidine groups is 1. The Bertz CT molecular complexity index is 790. The topological polar surface area (TPSA) is 65.3 Å². The fourth-order valence-corrected chi connectivity index (χ4v) is 3.99. The lowest BCUT2D eigenvalue weighted by Crippen LogP contribution is -2.44. The Balaban J connectivity index is 0.00000385. The second kappa shape index (κ2) is 15.2. The first-order valence-corrected chi connectivity index (χ1v) is 11.7. The number of furan rings is 1. The summed E-state index contributed by atoms with van der Waals surface area (Å²) in [5.41, 5.74) is 1.19. The average Bonchev–Trinajstić information content (AvgIpc) is 3.35. The fraction of sp³-hybridized carbons (Fsp3) is 0.560. The Morgan fingerprint density at radius 2 is 1.88 bits per heavy atom. The molecule has 7 nitrogen and oxygen atoms in total. The number of piperidine rings is 1. The lowest BCUT2D eigenvalue weighted by atomic mass is 10.1. The van der Waals surface area contributed by atoms with E-state index in [-0.39, 0.29) is 30.0 Å². The maximum absolute atomic E-state index is 5.82. The van der Waals surface area contributed by atoms with E-state index in [4.69, 9.17) is 9.15 Å². The van der Waals surface area contributed by atoms with Gasteiger partial charge in [0.2, 0.25) is 0 Å². The third-order valence-electron chi connectivity index (χ3n) is 5.79. The van der Waals surface area contributed by atoms with Gasteiger partial charge < -0.3 is 24.7 Å². The standard InChI is InChI=1S/C25H39N5O2.HI/c1-26-25(27-19-21-10-12-22(13-11-21)31-18-8-14-29(2)3)28-20-23(24-9-7-17-32-24)30-15-5-4-6-16-30;/h7,9-13,17,23H,4-6,8,14-16,18-20H2,1-3H3,(H2,26,27,28);1H. The molecule has 1 saturated heterocycles. The van der Waals surface area contributed by atoms with Crippen LogP contribution in [0.15, 0.2) is 52.1 Å². The Morgan fingerprint density at radius 3 is 2.52 bits per heavy atom. The summed E-state index contributed by atoms with van der Waals surface area (Å²) >= 11 is 0. The quantitative estimate of drug-likeness (QED) is 0.184.